The van der Waals surface area contributed by atoms with Gasteiger partial charge in [-0.1, -0.05) is 12.1 Å². The van der Waals surface area contributed by atoms with E-state index in [1.807, 2.05) is 0 Å². The zero-order chi connectivity index (χ0) is 20.9. The van der Waals surface area contributed by atoms with Crippen LogP contribution in [0.2, 0.25) is 0 Å². The molecular formula is C18H20N4O5S2. The Hall–Kier alpha value is -2.79. The third kappa shape index (κ3) is 5.39. The lowest BCUT2D eigenvalue weighted by molar-refractivity contribution is -0.145. The van der Waals surface area contributed by atoms with Crippen LogP contribution in [0.15, 0.2) is 39.5 Å². The highest BCUT2D eigenvalue weighted by Crippen LogP contribution is 2.22. The summed E-state index contributed by atoms with van der Waals surface area (Å²) in [6.45, 7) is 0.332. The van der Waals surface area contributed by atoms with Gasteiger partial charge in [0.25, 0.3) is 10.0 Å². The molecule has 0 saturated carbocycles. The van der Waals surface area contributed by atoms with Crippen molar-refractivity contribution in [1.29, 1.82) is 0 Å². The number of nitrogens with one attached hydrogen (secondary N) is 2. The van der Waals surface area contributed by atoms with Crippen molar-refractivity contribution in [2.24, 2.45) is 4.99 Å². The average molecular weight is 437 g/mol. The number of rotatable bonds is 8. The van der Waals surface area contributed by atoms with E-state index < -0.39 is 16.0 Å². The van der Waals surface area contributed by atoms with Crippen LogP contribution in [0.4, 0.5) is 0 Å². The van der Waals surface area contributed by atoms with E-state index in [0.717, 1.165) is 0 Å². The fourth-order valence-electron chi connectivity index (χ4n) is 2.61. The highest BCUT2D eigenvalue weighted by molar-refractivity contribution is 7.90. The predicted molar refractivity (Wildman–Crippen MR) is 107 cm³/mol. The molecule has 3 rings (SSSR count). The SMILES string of the molecule is CNC(=O)Cc1nc(COC(=O)CCCN=C2NS(=O)(=O)c3ccccc32)cs1. The molecule has 1 amide bonds. The number of thiazole rings is 1. The first kappa shape index (κ1) is 20.9. The van der Waals surface area contributed by atoms with Crippen LogP contribution < -0.4 is 10.0 Å². The van der Waals surface area contributed by atoms with Gasteiger partial charge in [0.2, 0.25) is 5.91 Å². The van der Waals surface area contributed by atoms with Gasteiger partial charge in [-0.2, -0.15) is 0 Å². The summed E-state index contributed by atoms with van der Waals surface area (Å²) < 4.78 is 31.6. The Morgan fingerprint density at radius 3 is 2.90 bits per heavy atom. The van der Waals surface area contributed by atoms with Crippen LogP contribution in [0.1, 0.15) is 29.1 Å². The lowest BCUT2D eigenvalue weighted by Gasteiger charge is -2.02. The predicted octanol–water partition coefficient (Wildman–Crippen LogP) is 0.994. The zero-order valence-corrected chi connectivity index (χ0v) is 17.3. The van der Waals surface area contributed by atoms with Gasteiger partial charge in [-0.25, -0.2) is 13.4 Å². The summed E-state index contributed by atoms with van der Waals surface area (Å²) in [6.07, 6.45) is 0.772. The summed E-state index contributed by atoms with van der Waals surface area (Å²) in [5, 5.41) is 4.93. The molecule has 0 bridgehead atoms. The normalized spacial score (nSPS) is 15.6. The van der Waals surface area contributed by atoms with Crippen LogP contribution in [0.25, 0.3) is 0 Å². The number of amidine groups is 1. The second-order valence-corrected chi connectivity index (χ2v) is 8.77. The average Bonchev–Trinajstić information content (AvgIpc) is 3.25. The number of aromatic nitrogens is 1. The van der Waals surface area contributed by atoms with Crippen molar-refractivity contribution in [3.05, 3.63) is 45.9 Å². The first-order valence-electron chi connectivity index (χ1n) is 8.85. The molecule has 0 radical (unpaired) electrons. The summed E-state index contributed by atoms with van der Waals surface area (Å²) in [4.78, 5) is 31.9. The number of sulfonamides is 1. The molecule has 0 spiro atoms. The highest BCUT2D eigenvalue weighted by atomic mass is 32.2. The molecule has 0 fully saturated rings. The quantitative estimate of drug-likeness (QED) is 0.469. The minimum Gasteiger partial charge on any atom is -0.459 e. The molecule has 9 nitrogen and oxygen atoms in total. The van der Waals surface area contributed by atoms with Gasteiger partial charge in [0.05, 0.1) is 17.0 Å². The van der Waals surface area contributed by atoms with Gasteiger partial charge >= 0.3 is 5.97 Å². The van der Waals surface area contributed by atoms with E-state index in [0.29, 0.717) is 28.5 Å². The third-order valence-corrected chi connectivity index (χ3v) is 6.34. The third-order valence-electron chi connectivity index (χ3n) is 4.04. The second kappa shape index (κ2) is 9.14. The van der Waals surface area contributed by atoms with Gasteiger partial charge in [-0.05, 0) is 18.6 Å². The van der Waals surface area contributed by atoms with Gasteiger partial charge in [0.15, 0.2) is 0 Å². The molecule has 1 aromatic heterocycles. The van der Waals surface area contributed by atoms with Crippen LogP contribution in [-0.2, 0) is 37.4 Å². The Kier molecular flexibility index (Phi) is 6.60. The first-order chi connectivity index (χ1) is 13.9. The van der Waals surface area contributed by atoms with E-state index in [-0.39, 0.29) is 36.8 Å². The van der Waals surface area contributed by atoms with Gasteiger partial charge in [-0.15, -0.1) is 11.3 Å². The van der Waals surface area contributed by atoms with Crippen LogP contribution in [0, 0.1) is 0 Å². The maximum Gasteiger partial charge on any atom is 0.306 e. The van der Waals surface area contributed by atoms with E-state index in [4.69, 9.17) is 4.74 Å². The van der Waals surface area contributed by atoms with Gasteiger partial charge in [0.1, 0.15) is 17.5 Å². The maximum atomic E-state index is 12.0. The van der Waals surface area contributed by atoms with Gasteiger partial charge in [0, 0.05) is 31.0 Å². The minimum absolute atomic E-state index is 0.0464. The summed E-state index contributed by atoms with van der Waals surface area (Å²) in [6, 6.07) is 6.61. The van der Waals surface area contributed by atoms with Crippen LogP contribution >= 0.6 is 11.3 Å². The number of aliphatic imine (C=N–C) groups is 1. The largest absolute Gasteiger partial charge is 0.459 e. The Morgan fingerprint density at radius 2 is 2.10 bits per heavy atom. The lowest BCUT2D eigenvalue weighted by atomic mass is 10.2. The Bertz CT molecular complexity index is 1050. The molecule has 2 N–H and O–H groups in total. The summed E-state index contributed by atoms with van der Waals surface area (Å²) >= 11 is 1.34. The number of fused-ring (bicyclic) bond motifs is 1. The fraction of sp³-hybridized carbons (Fsp3) is 0.333. The fourth-order valence-corrected chi connectivity index (χ4v) is 4.64. The van der Waals surface area contributed by atoms with Crippen LogP contribution in [0.3, 0.4) is 0 Å². The number of benzene rings is 1. The zero-order valence-electron chi connectivity index (χ0n) is 15.7. The lowest BCUT2D eigenvalue weighted by Crippen LogP contribution is -2.22. The van der Waals surface area contributed by atoms with Gasteiger partial charge < -0.3 is 10.1 Å². The molecule has 0 unspecified atom stereocenters. The number of carbonyl (C=O) groups is 2. The maximum absolute atomic E-state index is 12.0. The van der Waals surface area contributed by atoms with Crippen LogP contribution in [-0.4, -0.2) is 44.7 Å². The molecule has 0 saturated heterocycles. The van der Waals surface area contributed by atoms with Gasteiger partial charge in [-0.3, -0.25) is 19.3 Å². The summed E-state index contributed by atoms with van der Waals surface area (Å²) in [5.41, 5.74) is 1.13. The summed E-state index contributed by atoms with van der Waals surface area (Å²) in [5.74, 6) is -0.227. The van der Waals surface area contributed by atoms with Crippen molar-refractivity contribution < 1.29 is 22.7 Å². The molecule has 154 valence electrons. The number of nitrogens with zero attached hydrogens (tertiary/aromatic N) is 2. The number of esters is 1. The topological polar surface area (TPSA) is 127 Å². The summed E-state index contributed by atoms with van der Waals surface area (Å²) in [7, 11) is -2.00. The Labute approximate surface area is 172 Å². The van der Waals surface area contributed by atoms with Crippen molar-refractivity contribution in [2.45, 2.75) is 30.8 Å². The van der Waals surface area contributed by atoms with Crippen molar-refractivity contribution in [2.75, 3.05) is 13.6 Å². The van der Waals surface area contributed by atoms with Crippen molar-refractivity contribution >= 4 is 39.1 Å². The van der Waals surface area contributed by atoms with E-state index in [9.17, 15) is 18.0 Å². The Morgan fingerprint density at radius 1 is 1.31 bits per heavy atom. The molecule has 2 heterocycles. The number of ether oxygens (including phenoxy) is 1. The van der Waals surface area contributed by atoms with E-state index in [2.05, 4.69) is 20.0 Å². The molecule has 2 aromatic rings. The van der Waals surface area contributed by atoms with Crippen molar-refractivity contribution in [3.8, 4) is 0 Å². The smallest absolute Gasteiger partial charge is 0.306 e. The molecule has 1 aromatic carbocycles. The Balaban J connectivity index is 1.43. The molecule has 0 aliphatic carbocycles. The van der Waals surface area contributed by atoms with Crippen molar-refractivity contribution in [1.82, 2.24) is 15.0 Å². The number of likely N-dealkylation sites (N-methyl/N-ethyl adjacent to an activating group) is 1. The van der Waals surface area contributed by atoms with Crippen molar-refractivity contribution in [3.63, 3.8) is 0 Å². The highest BCUT2D eigenvalue weighted by Gasteiger charge is 2.29. The van der Waals surface area contributed by atoms with Crippen LogP contribution in [0.5, 0.6) is 0 Å². The number of carbonyl (C=O) groups excluding carboxylic acids is 2. The molecular weight excluding hydrogens is 416 g/mol. The minimum atomic E-state index is -3.56. The van der Waals surface area contributed by atoms with E-state index >= 15 is 0 Å². The first-order valence-corrected chi connectivity index (χ1v) is 11.2. The van der Waals surface area contributed by atoms with E-state index in [1.54, 1.807) is 30.6 Å². The number of hydrogen-bond acceptors (Lipinski definition) is 8. The number of amides is 1. The molecule has 1 aliphatic heterocycles. The number of hydrogen-bond donors (Lipinski definition) is 2. The second-order valence-electron chi connectivity index (χ2n) is 6.18. The molecule has 11 heteroatoms. The van der Waals surface area contributed by atoms with E-state index in [1.165, 1.54) is 17.4 Å². The molecule has 1 aliphatic rings. The molecule has 29 heavy (non-hydrogen) atoms. The standard InChI is InChI=1S/C18H20N4O5S2/c1-19-15(23)9-16-21-12(11-28-16)10-27-17(24)7-4-8-20-18-13-5-2-3-6-14(13)29(25,26)22-18/h2-3,5-6,11H,4,7-10H2,1H3,(H,19,23)(H,20,22). The molecule has 0 atom stereocenters. The monoisotopic (exact) mass is 436 g/mol.